The number of thiophene rings is 1. The van der Waals surface area contributed by atoms with Crippen molar-refractivity contribution in [3.05, 3.63) is 46.7 Å². The zero-order chi connectivity index (χ0) is 18.1. The molecule has 1 aromatic carbocycles. The van der Waals surface area contributed by atoms with E-state index in [2.05, 4.69) is 36.3 Å². The van der Waals surface area contributed by atoms with Gasteiger partial charge in [-0.1, -0.05) is 19.9 Å². The van der Waals surface area contributed by atoms with Gasteiger partial charge in [0.05, 0.1) is 7.11 Å². The zero-order valence-electron chi connectivity index (χ0n) is 15.4. The van der Waals surface area contributed by atoms with Gasteiger partial charge in [-0.25, -0.2) is 0 Å². The van der Waals surface area contributed by atoms with Gasteiger partial charge in [-0.3, -0.25) is 4.90 Å². The molecule has 0 aliphatic carbocycles. The Kier molecular flexibility index (Phi) is 8.25. The van der Waals surface area contributed by atoms with Gasteiger partial charge in [-0.15, -0.1) is 11.3 Å². The summed E-state index contributed by atoms with van der Waals surface area (Å²) in [4.78, 5) is 3.64. The van der Waals surface area contributed by atoms with E-state index in [1.807, 2.05) is 24.3 Å². The number of aliphatic hydroxyl groups is 1. The number of methoxy groups -OCH3 is 1. The second-order valence-corrected chi connectivity index (χ2v) is 7.67. The smallest absolute Gasteiger partial charge is 0.119 e. The SMILES string of the molecule is COc1ccc(OCC(O)CN(CCC(C)C)Cc2cccs2)cc1. The average molecular weight is 364 g/mol. The summed E-state index contributed by atoms with van der Waals surface area (Å²) < 4.78 is 10.8. The Morgan fingerprint density at radius 3 is 2.44 bits per heavy atom. The Bertz CT molecular complexity index is 583. The minimum absolute atomic E-state index is 0.287. The van der Waals surface area contributed by atoms with Crippen LogP contribution in [0.1, 0.15) is 25.1 Å². The van der Waals surface area contributed by atoms with Crippen LogP contribution in [-0.2, 0) is 6.54 Å². The van der Waals surface area contributed by atoms with Gasteiger partial charge >= 0.3 is 0 Å². The molecule has 2 rings (SSSR count). The number of hydrogen-bond acceptors (Lipinski definition) is 5. The molecule has 1 heterocycles. The molecule has 0 radical (unpaired) electrons. The highest BCUT2D eigenvalue weighted by molar-refractivity contribution is 7.09. The molecule has 5 heteroatoms. The number of nitrogens with zero attached hydrogens (tertiary/aromatic N) is 1. The lowest BCUT2D eigenvalue weighted by atomic mass is 10.1. The van der Waals surface area contributed by atoms with Crippen molar-refractivity contribution in [2.45, 2.75) is 32.9 Å². The zero-order valence-corrected chi connectivity index (χ0v) is 16.2. The Balaban J connectivity index is 1.82. The first-order valence-corrected chi connectivity index (χ1v) is 9.64. The van der Waals surface area contributed by atoms with Crippen molar-refractivity contribution in [2.24, 2.45) is 5.92 Å². The van der Waals surface area contributed by atoms with Crippen LogP contribution in [0.15, 0.2) is 41.8 Å². The van der Waals surface area contributed by atoms with Crippen molar-refractivity contribution in [1.82, 2.24) is 4.90 Å². The van der Waals surface area contributed by atoms with E-state index < -0.39 is 6.10 Å². The van der Waals surface area contributed by atoms with Gasteiger partial charge in [0.1, 0.15) is 24.2 Å². The minimum atomic E-state index is -0.519. The molecule has 2 aromatic rings. The van der Waals surface area contributed by atoms with E-state index >= 15 is 0 Å². The molecule has 0 fully saturated rings. The Morgan fingerprint density at radius 2 is 1.84 bits per heavy atom. The Morgan fingerprint density at radius 1 is 1.12 bits per heavy atom. The first kappa shape index (κ1) is 19.8. The van der Waals surface area contributed by atoms with E-state index in [1.165, 1.54) is 4.88 Å². The van der Waals surface area contributed by atoms with Crippen molar-refractivity contribution in [3.63, 3.8) is 0 Å². The van der Waals surface area contributed by atoms with E-state index in [0.717, 1.165) is 31.0 Å². The molecule has 25 heavy (non-hydrogen) atoms. The summed E-state index contributed by atoms with van der Waals surface area (Å²) in [5.74, 6) is 2.19. The third-order valence-electron chi connectivity index (χ3n) is 3.95. The van der Waals surface area contributed by atoms with Gasteiger partial charge in [0.2, 0.25) is 0 Å². The van der Waals surface area contributed by atoms with Gasteiger partial charge in [0, 0.05) is 18.0 Å². The van der Waals surface area contributed by atoms with Crippen LogP contribution < -0.4 is 9.47 Å². The van der Waals surface area contributed by atoms with Crippen molar-refractivity contribution in [1.29, 1.82) is 0 Å². The lowest BCUT2D eigenvalue weighted by molar-refractivity contribution is 0.0642. The molecule has 0 bridgehead atoms. The number of benzene rings is 1. The van der Waals surface area contributed by atoms with Crippen LogP contribution in [0.25, 0.3) is 0 Å². The molecule has 0 aliphatic heterocycles. The molecule has 4 nitrogen and oxygen atoms in total. The number of hydrogen-bond donors (Lipinski definition) is 1. The summed E-state index contributed by atoms with van der Waals surface area (Å²) in [6, 6.07) is 11.6. The van der Waals surface area contributed by atoms with Crippen LogP contribution in [0.2, 0.25) is 0 Å². The highest BCUT2D eigenvalue weighted by Crippen LogP contribution is 2.18. The molecule has 0 saturated heterocycles. The van der Waals surface area contributed by atoms with Crippen LogP contribution in [0, 0.1) is 5.92 Å². The quantitative estimate of drug-likeness (QED) is 0.654. The summed E-state index contributed by atoms with van der Waals surface area (Å²) in [6.45, 7) is 7.22. The Hall–Kier alpha value is -1.56. The highest BCUT2D eigenvalue weighted by Gasteiger charge is 2.14. The van der Waals surface area contributed by atoms with Crippen LogP contribution in [0.3, 0.4) is 0 Å². The number of rotatable bonds is 11. The summed E-state index contributed by atoms with van der Waals surface area (Å²) in [6.07, 6.45) is 0.603. The van der Waals surface area contributed by atoms with E-state index in [-0.39, 0.29) is 6.61 Å². The van der Waals surface area contributed by atoms with Crippen LogP contribution in [0.4, 0.5) is 0 Å². The van der Waals surface area contributed by atoms with Crippen molar-refractivity contribution in [2.75, 3.05) is 26.8 Å². The maximum atomic E-state index is 10.4. The predicted molar refractivity (Wildman–Crippen MR) is 104 cm³/mol. The fourth-order valence-corrected chi connectivity index (χ4v) is 3.26. The van der Waals surface area contributed by atoms with Gasteiger partial charge in [0.25, 0.3) is 0 Å². The fraction of sp³-hybridized carbons (Fsp3) is 0.500. The third kappa shape index (κ3) is 7.46. The minimum Gasteiger partial charge on any atom is -0.497 e. The van der Waals surface area contributed by atoms with E-state index in [0.29, 0.717) is 12.5 Å². The van der Waals surface area contributed by atoms with E-state index in [4.69, 9.17) is 9.47 Å². The van der Waals surface area contributed by atoms with Crippen LogP contribution in [-0.4, -0.2) is 42.9 Å². The molecule has 1 aromatic heterocycles. The molecule has 1 unspecified atom stereocenters. The molecule has 0 saturated carbocycles. The van der Waals surface area contributed by atoms with Gasteiger partial charge in [-0.05, 0) is 54.6 Å². The van der Waals surface area contributed by atoms with E-state index in [9.17, 15) is 5.11 Å². The van der Waals surface area contributed by atoms with Crippen molar-refractivity contribution in [3.8, 4) is 11.5 Å². The molecule has 0 spiro atoms. The van der Waals surface area contributed by atoms with Gasteiger partial charge < -0.3 is 14.6 Å². The summed E-state index contributed by atoms with van der Waals surface area (Å²) >= 11 is 1.76. The number of ether oxygens (including phenoxy) is 2. The van der Waals surface area contributed by atoms with E-state index in [1.54, 1.807) is 18.4 Å². The molecule has 1 N–H and O–H groups in total. The molecule has 1 atom stereocenters. The standard InChI is InChI=1S/C20H29NO3S/c1-16(2)10-11-21(14-20-5-4-12-25-20)13-17(22)15-24-19-8-6-18(23-3)7-9-19/h4-9,12,16-17,22H,10-11,13-15H2,1-3H3. The molecule has 0 amide bonds. The second kappa shape index (κ2) is 10.4. The second-order valence-electron chi connectivity index (χ2n) is 6.64. The molecule has 0 aliphatic rings. The Labute approximate surface area is 155 Å². The third-order valence-corrected chi connectivity index (χ3v) is 4.81. The van der Waals surface area contributed by atoms with Gasteiger partial charge in [-0.2, -0.15) is 0 Å². The van der Waals surface area contributed by atoms with Crippen molar-refractivity contribution >= 4 is 11.3 Å². The maximum absolute atomic E-state index is 10.4. The summed E-state index contributed by atoms with van der Waals surface area (Å²) in [5, 5.41) is 12.5. The maximum Gasteiger partial charge on any atom is 0.119 e. The van der Waals surface area contributed by atoms with Crippen LogP contribution in [0.5, 0.6) is 11.5 Å². The lowest BCUT2D eigenvalue weighted by Gasteiger charge is -2.25. The predicted octanol–water partition coefficient (Wildman–Crippen LogP) is 4.04. The summed E-state index contributed by atoms with van der Waals surface area (Å²) in [7, 11) is 1.64. The van der Waals surface area contributed by atoms with Crippen LogP contribution >= 0.6 is 11.3 Å². The van der Waals surface area contributed by atoms with Crippen molar-refractivity contribution < 1.29 is 14.6 Å². The molecular weight excluding hydrogens is 334 g/mol. The first-order valence-electron chi connectivity index (χ1n) is 8.76. The summed E-state index contributed by atoms with van der Waals surface area (Å²) in [5.41, 5.74) is 0. The average Bonchev–Trinajstić information content (AvgIpc) is 3.11. The fourth-order valence-electron chi connectivity index (χ4n) is 2.51. The topological polar surface area (TPSA) is 41.9 Å². The first-order chi connectivity index (χ1) is 12.1. The highest BCUT2D eigenvalue weighted by atomic mass is 32.1. The number of aliphatic hydroxyl groups excluding tert-OH is 1. The molecular formula is C20H29NO3S. The monoisotopic (exact) mass is 363 g/mol. The molecule has 138 valence electrons. The lowest BCUT2D eigenvalue weighted by Crippen LogP contribution is -2.36. The normalized spacial score (nSPS) is 12.6. The van der Waals surface area contributed by atoms with Gasteiger partial charge in [0.15, 0.2) is 0 Å². The largest absolute Gasteiger partial charge is 0.497 e.